The summed E-state index contributed by atoms with van der Waals surface area (Å²) in [5, 5.41) is 7.90. The Morgan fingerprint density at radius 1 is 0.828 bits per heavy atom. The van der Waals surface area contributed by atoms with Gasteiger partial charge >= 0.3 is 0 Å². The first-order chi connectivity index (χ1) is 14.3. The number of para-hydroxylation sites is 1. The van der Waals surface area contributed by atoms with Gasteiger partial charge in [-0.15, -0.1) is 0 Å². The van der Waals surface area contributed by atoms with Crippen LogP contribution in [0.4, 0.5) is 0 Å². The van der Waals surface area contributed by atoms with Crippen LogP contribution in [0.15, 0.2) is 91.0 Å². The lowest BCUT2D eigenvalue weighted by molar-refractivity contribution is -0.120. The Labute approximate surface area is 170 Å². The quantitative estimate of drug-likeness (QED) is 0.517. The average molecular weight is 381 g/mol. The molecule has 4 heteroatoms. The summed E-state index contributed by atoms with van der Waals surface area (Å²) in [6.45, 7) is 2.54. The van der Waals surface area contributed by atoms with Gasteiger partial charge in [-0.3, -0.25) is 4.79 Å². The number of amides is 1. The van der Waals surface area contributed by atoms with Crippen molar-refractivity contribution in [3.63, 3.8) is 0 Å². The molecule has 0 saturated carbocycles. The monoisotopic (exact) mass is 381 g/mol. The molecule has 0 fully saturated rings. The summed E-state index contributed by atoms with van der Waals surface area (Å²) in [7, 11) is 0. The third-order valence-corrected chi connectivity index (χ3v) is 4.79. The molecule has 0 saturated heterocycles. The van der Waals surface area contributed by atoms with Crippen LogP contribution in [0.25, 0.3) is 28.2 Å². The summed E-state index contributed by atoms with van der Waals surface area (Å²) in [6, 6.07) is 30.2. The molecule has 4 aromatic rings. The number of carbonyl (C=O) groups excluding carboxylic acids is 1. The Balaban J connectivity index is 1.98. The number of hydrogen-bond acceptors (Lipinski definition) is 2. The summed E-state index contributed by atoms with van der Waals surface area (Å²) >= 11 is 0. The van der Waals surface area contributed by atoms with Gasteiger partial charge in [0.1, 0.15) is 0 Å². The fourth-order valence-electron chi connectivity index (χ4n) is 3.51. The number of benzene rings is 3. The molecule has 0 radical (unpaired) electrons. The number of aromatic nitrogens is 2. The lowest BCUT2D eigenvalue weighted by atomic mass is 9.99. The molecule has 1 amide bonds. The lowest BCUT2D eigenvalue weighted by Gasteiger charge is -2.10. The molecule has 4 rings (SSSR count). The van der Waals surface area contributed by atoms with Gasteiger partial charge in [0.05, 0.1) is 23.5 Å². The molecular formula is C25H23N3O. The molecule has 0 aliphatic rings. The van der Waals surface area contributed by atoms with E-state index < -0.39 is 0 Å². The fraction of sp³-hybridized carbons (Fsp3) is 0.120. The van der Waals surface area contributed by atoms with Crippen LogP contribution in [0.2, 0.25) is 0 Å². The minimum atomic E-state index is -0.00512. The molecule has 0 atom stereocenters. The van der Waals surface area contributed by atoms with Crippen LogP contribution in [0.5, 0.6) is 0 Å². The molecule has 1 heterocycles. The summed E-state index contributed by atoms with van der Waals surface area (Å²) in [5.41, 5.74) is 5.70. The van der Waals surface area contributed by atoms with Crippen LogP contribution in [-0.4, -0.2) is 22.2 Å². The summed E-state index contributed by atoms with van der Waals surface area (Å²) in [5.74, 6) is -0.00512. The number of likely N-dealkylation sites (N-methyl/N-ethyl adjacent to an activating group) is 1. The van der Waals surface area contributed by atoms with Crippen LogP contribution in [0.1, 0.15) is 12.5 Å². The highest BCUT2D eigenvalue weighted by atomic mass is 16.1. The third-order valence-electron chi connectivity index (χ3n) is 4.79. The van der Waals surface area contributed by atoms with Gasteiger partial charge in [0.15, 0.2) is 0 Å². The zero-order chi connectivity index (χ0) is 20.1. The normalized spacial score (nSPS) is 10.7. The van der Waals surface area contributed by atoms with Crippen molar-refractivity contribution < 1.29 is 4.79 Å². The minimum absolute atomic E-state index is 0.00512. The van der Waals surface area contributed by atoms with E-state index in [-0.39, 0.29) is 12.3 Å². The molecule has 1 aromatic heterocycles. The smallest absolute Gasteiger partial charge is 0.224 e. The van der Waals surface area contributed by atoms with Crippen molar-refractivity contribution >= 4 is 5.91 Å². The van der Waals surface area contributed by atoms with Crippen molar-refractivity contribution in [3.05, 3.63) is 96.6 Å². The van der Waals surface area contributed by atoms with Crippen LogP contribution >= 0.6 is 0 Å². The first-order valence-electron chi connectivity index (χ1n) is 9.82. The van der Waals surface area contributed by atoms with E-state index in [1.807, 2.05) is 90.5 Å². The number of carbonyl (C=O) groups is 1. The zero-order valence-electron chi connectivity index (χ0n) is 16.4. The Morgan fingerprint density at radius 2 is 1.38 bits per heavy atom. The molecule has 0 spiro atoms. The Morgan fingerprint density at radius 3 is 1.97 bits per heavy atom. The maximum atomic E-state index is 12.6. The van der Waals surface area contributed by atoms with Gasteiger partial charge < -0.3 is 5.32 Å². The number of hydrogen-bond donors (Lipinski definition) is 1. The highest BCUT2D eigenvalue weighted by Crippen LogP contribution is 2.34. The van der Waals surface area contributed by atoms with Gasteiger partial charge in [-0.2, -0.15) is 5.10 Å². The van der Waals surface area contributed by atoms with Crippen molar-refractivity contribution in [2.75, 3.05) is 6.54 Å². The first kappa shape index (κ1) is 18.7. The molecule has 0 unspecified atom stereocenters. The van der Waals surface area contributed by atoms with Crippen molar-refractivity contribution in [1.29, 1.82) is 0 Å². The second-order valence-electron chi connectivity index (χ2n) is 6.79. The molecule has 3 aromatic carbocycles. The van der Waals surface area contributed by atoms with E-state index in [2.05, 4.69) is 17.4 Å². The van der Waals surface area contributed by atoms with E-state index in [9.17, 15) is 4.79 Å². The van der Waals surface area contributed by atoms with E-state index in [0.29, 0.717) is 6.54 Å². The molecule has 4 nitrogen and oxygen atoms in total. The van der Waals surface area contributed by atoms with Crippen LogP contribution in [-0.2, 0) is 11.2 Å². The van der Waals surface area contributed by atoms with Crippen molar-refractivity contribution in [3.8, 4) is 28.2 Å². The van der Waals surface area contributed by atoms with Crippen molar-refractivity contribution in [2.45, 2.75) is 13.3 Å². The maximum absolute atomic E-state index is 12.6. The molecule has 0 bridgehead atoms. The predicted octanol–water partition coefficient (Wildman–Crippen LogP) is 4.88. The van der Waals surface area contributed by atoms with Gasteiger partial charge in [0.25, 0.3) is 0 Å². The second-order valence-corrected chi connectivity index (χ2v) is 6.79. The van der Waals surface area contributed by atoms with Gasteiger partial charge in [0.2, 0.25) is 5.91 Å². The SMILES string of the molecule is CCNC(=O)Cc1c(-c2ccccc2)nn(-c2ccccc2)c1-c1ccccc1. The molecule has 29 heavy (non-hydrogen) atoms. The summed E-state index contributed by atoms with van der Waals surface area (Å²) in [4.78, 5) is 12.6. The van der Waals surface area contributed by atoms with Crippen molar-refractivity contribution in [2.24, 2.45) is 0 Å². The third kappa shape index (κ3) is 3.97. The molecule has 144 valence electrons. The largest absolute Gasteiger partial charge is 0.356 e. The number of nitrogens with one attached hydrogen (secondary N) is 1. The average Bonchev–Trinajstić information content (AvgIpc) is 3.15. The minimum Gasteiger partial charge on any atom is -0.356 e. The molecular weight excluding hydrogens is 358 g/mol. The topological polar surface area (TPSA) is 46.9 Å². The van der Waals surface area contributed by atoms with Crippen LogP contribution < -0.4 is 5.32 Å². The zero-order valence-corrected chi connectivity index (χ0v) is 16.4. The fourth-order valence-corrected chi connectivity index (χ4v) is 3.51. The van der Waals surface area contributed by atoms with Crippen LogP contribution in [0.3, 0.4) is 0 Å². The summed E-state index contributed by atoms with van der Waals surface area (Å²) < 4.78 is 1.95. The highest BCUT2D eigenvalue weighted by Gasteiger charge is 2.23. The first-order valence-corrected chi connectivity index (χ1v) is 9.82. The van der Waals surface area contributed by atoms with Crippen LogP contribution in [0, 0.1) is 0 Å². The Hall–Kier alpha value is -3.66. The van der Waals surface area contributed by atoms with Gasteiger partial charge in [-0.05, 0) is 19.1 Å². The van der Waals surface area contributed by atoms with Gasteiger partial charge in [0, 0.05) is 23.2 Å². The molecule has 0 aliphatic carbocycles. The van der Waals surface area contributed by atoms with E-state index in [1.165, 1.54) is 0 Å². The van der Waals surface area contributed by atoms with Gasteiger partial charge in [-0.1, -0.05) is 78.9 Å². The number of rotatable bonds is 6. The second kappa shape index (κ2) is 8.57. The Bertz CT molecular complexity index is 1090. The van der Waals surface area contributed by atoms with E-state index >= 15 is 0 Å². The van der Waals surface area contributed by atoms with Gasteiger partial charge in [-0.25, -0.2) is 4.68 Å². The maximum Gasteiger partial charge on any atom is 0.224 e. The number of nitrogens with zero attached hydrogens (tertiary/aromatic N) is 2. The molecule has 1 N–H and O–H groups in total. The van der Waals surface area contributed by atoms with Crippen molar-refractivity contribution in [1.82, 2.24) is 15.1 Å². The lowest BCUT2D eigenvalue weighted by Crippen LogP contribution is -2.24. The van der Waals surface area contributed by atoms with E-state index in [4.69, 9.17) is 5.10 Å². The summed E-state index contributed by atoms with van der Waals surface area (Å²) in [6.07, 6.45) is 0.273. The highest BCUT2D eigenvalue weighted by molar-refractivity contribution is 5.86. The Kier molecular flexibility index (Phi) is 5.52. The predicted molar refractivity (Wildman–Crippen MR) is 117 cm³/mol. The van der Waals surface area contributed by atoms with E-state index in [1.54, 1.807) is 0 Å². The van der Waals surface area contributed by atoms with E-state index in [0.717, 1.165) is 33.8 Å². The molecule has 0 aliphatic heterocycles. The standard InChI is InChI=1S/C25H23N3O/c1-2-26-23(29)18-22-24(19-12-6-3-7-13-19)27-28(21-16-10-5-11-17-21)25(22)20-14-8-4-9-15-20/h3-17H,2,18H2,1H3,(H,26,29).